The van der Waals surface area contributed by atoms with Gasteiger partial charge in [0, 0.05) is 0 Å². The third kappa shape index (κ3) is 9.89. The van der Waals surface area contributed by atoms with Gasteiger partial charge in [0.05, 0.1) is 19.8 Å². The summed E-state index contributed by atoms with van der Waals surface area (Å²) in [6, 6.07) is 0. The van der Waals surface area contributed by atoms with Crippen LogP contribution < -0.4 is 0 Å². The summed E-state index contributed by atoms with van der Waals surface area (Å²) in [5.41, 5.74) is 0. The fraction of sp³-hybridized carbons (Fsp3) is 1.00. The number of hydrogen-bond donors (Lipinski definition) is 1. The van der Waals surface area contributed by atoms with Crippen molar-refractivity contribution in [3.8, 4) is 0 Å². The minimum absolute atomic E-state index is 0.0801. The van der Waals surface area contributed by atoms with Crippen LogP contribution >= 0.6 is 0 Å². The first-order valence-corrected chi connectivity index (χ1v) is 5.25. The molecule has 0 aromatic rings. The molecule has 0 bridgehead atoms. The molecule has 0 aliphatic rings. The van der Waals surface area contributed by atoms with Crippen molar-refractivity contribution in [3.63, 3.8) is 0 Å². The molecule has 0 spiro atoms. The second-order valence-corrected chi connectivity index (χ2v) is 3.14. The number of unbranched alkanes of at least 4 members (excludes halogenated alkanes) is 3. The molecule has 0 aliphatic carbocycles. The number of hydrogen-bond acceptors (Lipinski definition) is 3. The molecule has 0 saturated carbocycles. The molecule has 1 unspecified atom stereocenters. The van der Waals surface area contributed by atoms with Gasteiger partial charge in [-0.25, -0.2) is 4.39 Å². The van der Waals surface area contributed by atoms with Gasteiger partial charge < -0.3 is 14.6 Å². The molecule has 0 heterocycles. The van der Waals surface area contributed by atoms with E-state index in [0.29, 0.717) is 6.61 Å². The van der Waals surface area contributed by atoms with E-state index in [2.05, 4.69) is 6.92 Å². The van der Waals surface area contributed by atoms with Crippen molar-refractivity contribution in [2.75, 3.05) is 26.4 Å². The summed E-state index contributed by atoms with van der Waals surface area (Å²) in [5, 5.41) is 8.36. The van der Waals surface area contributed by atoms with Crippen molar-refractivity contribution in [3.05, 3.63) is 0 Å². The van der Waals surface area contributed by atoms with Gasteiger partial charge in [0.15, 0.2) is 0 Å². The van der Waals surface area contributed by atoms with Gasteiger partial charge in [-0.2, -0.15) is 0 Å². The van der Waals surface area contributed by atoms with Gasteiger partial charge >= 0.3 is 0 Å². The van der Waals surface area contributed by atoms with Crippen LogP contribution in [0.2, 0.25) is 0 Å². The van der Waals surface area contributed by atoms with Gasteiger partial charge in [-0.3, -0.25) is 0 Å². The quantitative estimate of drug-likeness (QED) is 0.557. The molecule has 0 fully saturated rings. The molecule has 1 N–H and O–H groups in total. The molecule has 14 heavy (non-hydrogen) atoms. The third-order valence-electron chi connectivity index (χ3n) is 1.78. The molecule has 0 amide bonds. The maximum absolute atomic E-state index is 12.8. The molecule has 1 atom stereocenters. The monoisotopic (exact) mass is 208 g/mol. The molecule has 86 valence electrons. The fourth-order valence-corrected chi connectivity index (χ4v) is 1.03. The Hall–Kier alpha value is -0.190. The predicted molar refractivity (Wildman–Crippen MR) is 52.9 cm³/mol. The van der Waals surface area contributed by atoms with Gasteiger partial charge in [-0.15, -0.1) is 0 Å². The first-order valence-electron chi connectivity index (χ1n) is 5.25. The predicted octanol–water partition coefficient (Wildman–Crippen LogP) is 1.89. The van der Waals surface area contributed by atoms with Crippen molar-refractivity contribution < 1.29 is 19.0 Å². The van der Waals surface area contributed by atoms with E-state index in [0.717, 1.165) is 12.8 Å². The number of ether oxygens (including phenoxy) is 2. The first kappa shape index (κ1) is 13.8. The lowest BCUT2D eigenvalue weighted by atomic mass is 10.2. The topological polar surface area (TPSA) is 38.7 Å². The van der Waals surface area contributed by atoms with E-state index < -0.39 is 6.36 Å². The van der Waals surface area contributed by atoms with Crippen molar-refractivity contribution in [1.29, 1.82) is 0 Å². The Balaban J connectivity index is 3.06. The maximum Gasteiger partial charge on any atom is 0.222 e. The Kier molecular flexibility index (Phi) is 10.7. The summed E-state index contributed by atoms with van der Waals surface area (Å²) in [6.45, 7) is 2.57. The Labute approximate surface area is 85.2 Å². The zero-order valence-electron chi connectivity index (χ0n) is 8.88. The van der Waals surface area contributed by atoms with E-state index >= 15 is 0 Å². The van der Waals surface area contributed by atoms with Crippen molar-refractivity contribution in [2.24, 2.45) is 0 Å². The highest BCUT2D eigenvalue weighted by atomic mass is 19.1. The SMILES string of the molecule is CCCCCCOC(F)COCCO. The fourth-order valence-electron chi connectivity index (χ4n) is 1.03. The highest BCUT2D eigenvalue weighted by Gasteiger charge is 2.05. The molecule has 4 heteroatoms. The van der Waals surface area contributed by atoms with Crippen LogP contribution in [0.15, 0.2) is 0 Å². The zero-order valence-corrected chi connectivity index (χ0v) is 8.88. The van der Waals surface area contributed by atoms with Gasteiger partial charge in [-0.1, -0.05) is 26.2 Å². The van der Waals surface area contributed by atoms with Gasteiger partial charge in [-0.05, 0) is 6.42 Å². The number of alkyl halides is 1. The second-order valence-electron chi connectivity index (χ2n) is 3.14. The van der Waals surface area contributed by atoms with Gasteiger partial charge in [0.25, 0.3) is 0 Å². The smallest absolute Gasteiger partial charge is 0.222 e. The lowest BCUT2D eigenvalue weighted by Crippen LogP contribution is -2.16. The van der Waals surface area contributed by atoms with Crippen LogP contribution in [0, 0.1) is 0 Å². The van der Waals surface area contributed by atoms with E-state index in [1.807, 2.05) is 0 Å². The standard InChI is InChI=1S/C10H21FO3/c1-2-3-4-5-7-14-10(11)9-13-8-6-12/h10,12H,2-9H2,1H3. The molecule has 0 rings (SSSR count). The Morgan fingerprint density at radius 2 is 2.00 bits per heavy atom. The lowest BCUT2D eigenvalue weighted by Gasteiger charge is -2.09. The number of rotatable bonds is 10. The molecule has 0 aromatic heterocycles. The maximum atomic E-state index is 12.8. The van der Waals surface area contributed by atoms with E-state index in [4.69, 9.17) is 14.6 Å². The summed E-state index contributed by atoms with van der Waals surface area (Å²) >= 11 is 0. The van der Waals surface area contributed by atoms with E-state index in [9.17, 15) is 4.39 Å². The third-order valence-corrected chi connectivity index (χ3v) is 1.78. The van der Waals surface area contributed by atoms with Crippen molar-refractivity contribution >= 4 is 0 Å². The Morgan fingerprint density at radius 3 is 2.64 bits per heavy atom. The van der Waals surface area contributed by atoms with Gasteiger partial charge in [0.1, 0.15) is 6.61 Å². The average molecular weight is 208 g/mol. The summed E-state index contributed by atoms with van der Waals surface area (Å²) in [6.07, 6.45) is 2.96. The highest BCUT2D eigenvalue weighted by molar-refractivity contribution is 4.42. The van der Waals surface area contributed by atoms with Crippen LogP contribution in [-0.2, 0) is 9.47 Å². The van der Waals surface area contributed by atoms with Crippen LogP contribution in [0.3, 0.4) is 0 Å². The summed E-state index contributed by atoms with van der Waals surface area (Å²) in [7, 11) is 0. The molecule has 0 radical (unpaired) electrons. The van der Waals surface area contributed by atoms with Crippen molar-refractivity contribution in [2.45, 2.75) is 39.0 Å². The van der Waals surface area contributed by atoms with E-state index in [-0.39, 0.29) is 19.8 Å². The first-order chi connectivity index (χ1) is 6.81. The second kappa shape index (κ2) is 10.9. The summed E-state index contributed by atoms with van der Waals surface area (Å²) < 4.78 is 22.4. The molecule has 3 nitrogen and oxygen atoms in total. The van der Waals surface area contributed by atoms with Crippen LogP contribution in [0.4, 0.5) is 4.39 Å². The average Bonchev–Trinajstić information content (AvgIpc) is 2.18. The number of aliphatic hydroxyl groups is 1. The molecular weight excluding hydrogens is 187 g/mol. The number of aliphatic hydroxyl groups excluding tert-OH is 1. The normalized spacial score (nSPS) is 13.1. The van der Waals surface area contributed by atoms with Crippen LogP contribution in [0.1, 0.15) is 32.6 Å². The van der Waals surface area contributed by atoms with E-state index in [1.165, 1.54) is 12.8 Å². The largest absolute Gasteiger partial charge is 0.394 e. The Morgan fingerprint density at radius 1 is 1.21 bits per heavy atom. The summed E-state index contributed by atoms with van der Waals surface area (Å²) in [4.78, 5) is 0. The van der Waals surface area contributed by atoms with Crippen molar-refractivity contribution in [1.82, 2.24) is 0 Å². The van der Waals surface area contributed by atoms with Crippen LogP contribution in [-0.4, -0.2) is 37.9 Å². The number of halogens is 1. The minimum atomic E-state index is -1.36. The molecule has 0 saturated heterocycles. The minimum Gasteiger partial charge on any atom is -0.394 e. The lowest BCUT2D eigenvalue weighted by molar-refractivity contribution is -0.0920. The van der Waals surface area contributed by atoms with Crippen LogP contribution in [0.5, 0.6) is 0 Å². The molecule has 0 aromatic carbocycles. The highest BCUT2D eigenvalue weighted by Crippen LogP contribution is 2.02. The Bertz CT molecular complexity index is 112. The van der Waals surface area contributed by atoms with Crippen LogP contribution in [0.25, 0.3) is 0 Å². The summed E-state index contributed by atoms with van der Waals surface area (Å²) in [5.74, 6) is 0. The van der Waals surface area contributed by atoms with Gasteiger partial charge in [0.2, 0.25) is 6.36 Å². The molecule has 0 aliphatic heterocycles. The van der Waals surface area contributed by atoms with E-state index in [1.54, 1.807) is 0 Å². The zero-order chi connectivity index (χ0) is 10.6. The molecular formula is C10H21FO3.